The van der Waals surface area contributed by atoms with Gasteiger partial charge in [-0.1, -0.05) is 430 Å². The summed E-state index contributed by atoms with van der Waals surface area (Å²) in [5.41, 5.74) is 32.4. The second-order valence-corrected chi connectivity index (χ2v) is 40.5. The molecule has 3 aliphatic carbocycles. The number of nitrogens with zero attached hydrogens (tertiary/aromatic N) is 9. The Morgan fingerprint density at radius 2 is 0.457 bits per heavy atom. The molecule has 0 radical (unpaired) electrons. The Balaban J connectivity index is 0.000000110. The quantitative estimate of drug-likeness (QED) is 0.118. The van der Waals surface area contributed by atoms with Gasteiger partial charge in [-0.15, -0.1) is 34.0 Å². The zero-order chi connectivity index (χ0) is 92.5. The molecule has 0 aliphatic heterocycles. The van der Waals surface area contributed by atoms with Crippen LogP contribution in [-0.4, -0.2) is 44.9 Å². The first-order valence-electron chi connectivity index (χ1n) is 46.9. The summed E-state index contributed by atoms with van der Waals surface area (Å²) in [5.74, 6) is 5.98. The van der Waals surface area contributed by atoms with E-state index in [1.807, 2.05) is 216 Å². The minimum Gasteiger partial charge on any atom is -0.208 e. The Morgan fingerprint density at radius 3 is 0.877 bits per heavy atom. The minimum atomic E-state index is -0.0685. The van der Waals surface area contributed by atoms with Gasteiger partial charge in [-0.3, -0.25) is 0 Å². The van der Waals surface area contributed by atoms with Crippen LogP contribution in [0.3, 0.4) is 0 Å². The van der Waals surface area contributed by atoms with Gasteiger partial charge in [0.2, 0.25) is 0 Å². The molecule has 12 heteroatoms. The van der Waals surface area contributed by atoms with Crippen LogP contribution in [0.5, 0.6) is 0 Å². The molecule has 138 heavy (non-hydrogen) atoms. The third kappa shape index (κ3) is 14.3. The van der Waals surface area contributed by atoms with E-state index >= 15 is 0 Å². The third-order valence-electron chi connectivity index (χ3n) is 28.0. The van der Waals surface area contributed by atoms with Crippen LogP contribution in [0.1, 0.15) is 74.9 Å². The van der Waals surface area contributed by atoms with Crippen molar-refractivity contribution in [3.05, 3.63) is 452 Å². The molecule has 0 bridgehead atoms. The summed E-state index contributed by atoms with van der Waals surface area (Å²) < 4.78 is 8.02. The molecule has 6 heterocycles. The molecule has 9 nitrogen and oxygen atoms in total. The molecule has 0 saturated heterocycles. The number of hydrogen-bond acceptors (Lipinski definition) is 12. The van der Waals surface area contributed by atoms with Gasteiger partial charge in [0.15, 0.2) is 52.4 Å². The molecular formula is C126H87N9S3. The van der Waals surface area contributed by atoms with E-state index < -0.39 is 0 Å². The van der Waals surface area contributed by atoms with Crippen molar-refractivity contribution in [1.82, 2.24) is 44.9 Å². The molecule has 0 unspecified atom stereocenters. The number of thiophene rings is 3. The fraction of sp³-hybridized carbons (Fsp3) is 0.0714. The van der Waals surface area contributed by atoms with Crippen LogP contribution in [-0.2, 0) is 16.2 Å². The molecule has 0 N–H and O–H groups in total. The van der Waals surface area contributed by atoms with Crippen molar-refractivity contribution in [3.63, 3.8) is 0 Å². The van der Waals surface area contributed by atoms with Crippen LogP contribution in [0.2, 0.25) is 0 Å². The summed E-state index contributed by atoms with van der Waals surface area (Å²) in [4.78, 5) is 44.4. The van der Waals surface area contributed by atoms with E-state index in [0.29, 0.717) is 52.4 Å². The van der Waals surface area contributed by atoms with Gasteiger partial charge in [0.1, 0.15) is 0 Å². The molecule has 24 aromatic rings. The van der Waals surface area contributed by atoms with E-state index in [2.05, 4.69) is 278 Å². The molecule has 0 atom stereocenters. The molecule has 0 saturated carbocycles. The maximum Gasteiger partial charge on any atom is 0.164 e. The van der Waals surface area contributed by atoms with Crippen molar-refractivity contribution in [2.45, 2.75) is 57.8 Å². The van der Waals surface area contributed by atoms with Crippen molar-refractivity contribution in [3.8, 4) is 169 Å². The lowest BCUT2D eigenvalue weighted by atomic mass is 9.80. The van der Waals surface area contributed by atoms with Gasteiger partial charge in [0.05, 0.1) is 0 Å². The van der Waals surface area contributed by atoms with Gasteiger partial charge >= 0.3 is 0 Å². The van der Waals surface area contributed by atoms with Crippen LogP contribution in [0.4, 0.5) is 0 Å². The van der Waals surface area contributed by atoms with Gasteiger partial charge in [-0.25, -0.2) is 44.9 Å². The van der Waals surface area contributed by atoms with Gasteiger partial charge in [0, 0.05) is 138 Å². The first kappa shape index (κ1) is 83.5. The SMILES string of the molecule is CC1(C)c2ccccc2-c2c1ccc1c2sc2c(-c3ccc(-c4nc(-c5ccccc5)nc(-c5ccccc5)n4)cc3)cccc21.CC1(C)c2ccccc2-c2c1ccc1c2sc2c(-c3cccc(-c4nc(-c5ccccc5)nc(-c5ccccc5)n4)c3)cccc21.CC1(C)c2ccccc2-c2ccc3sc4ccc(-c5cccc(-c6nc(-c7ccccc7)nc(-c7ccccc7)n6)c5)cc4c3c21. The number of hydrogen-bond donors (Lipinski definition) is 0. The van der Waals surface area contributed by atoms with Crippen molar-refractivity contribution >= 4 is 94.5 Å². The fourth-order valence-electron chi connectivity index (χ4n) is 21.1. The number of fused-ring (bicyclic) bond motifs is 21. The number of benzene rings is 18. The van der Waals surface area contributed by atoms with Crippen molar-refractivity contribution in [2.24, 2.45) is 0 Å². The summed E-state index contributed by atoms with van der Waals surface area (Å²) in [6.45, 7) is 14.1. The molecule has 0 spiro atoms. The lowest BCUT2D eigenvalue weighted by Gasteiger charge is -2.22. The number of rotatable bonds is 12. The van der Waals surface area contributed by atoms with Crippen LogP contribution < -0.4 is 0 Å². The van der Waals surface area contributed by atoms with Crippen LogP contribution >= 0.6 is 34.0 Å². The second kappa shape index (κ2) is 33.6. The zero-order valence-electron chi connectivity index (χ0n) is 76.6. The molecule has 654 valence electrons. The zero-order valence-corrected chi connectivity index (χ0v) is 79.0. The lowest BCUT2D eigenvalue weighted by molar-refractivity contribution is 0.661. The predicted octanol–water partition coefficient (Wildman–Crippen LogP) is 33.6. The first-order chi connectivity index (χ1) is 67.7. The average molecular weight is 1820 g/mol. The molecule has 27 rings (SSSR count). The summed E-state index contributed by atoms with van der Waals surface area (Å²) >= 11 is 5.72. The van der Waals surface area contributed by atoms with Crippen molar-refractivity contribution < 1.29 is 0 Å². The van der Waals surface area contributed by atoms with E-state index in [9.17, 15) is 0 Å². The van der Waals surface area contributed by atoms with E-state index in [-0.39, 0.29) is 16.2 Å². The van der Waals surface area contributed by atoms with E-state index in [1.54, 1.807) is 0 Å². The van der Waals surface area contributed by atoms with Gasteiger partial charge in [-0.2, -0.15) is 0 Å². The minimum absolute atomic E-state index is 0.00919. The molecule has 3 aliphatic rings. The number of aromatic nitrogens is 9. The smallest absolute Gasteiger partial charge is 0.164 e. The van der Waals surface area contributed by atoms with Crippen molar-refractivity contribution in [2.75, 3.05) is 0 Å². The summed E-state index contributed by atoms with van der Waals surface area (Å²) in [5, 5.41) is 7.96. The van der Waals surface area contributed by atoms with Crippen LogP contribution in [0.15, 0.2) is 419 Å². The van der Waals surface area contributed by atoms with E-state index in [4.69, 9.17) is 44.9 Å². The average Bonchev–Trinajstić information content (AvgIpc) is 1.56. The Kier molecular flexibility index (Phi) is 20.3. The lowest BCUT2D eigenvalue weighted by Crippen LogP contribution is -2.15. The van der Waals surface area contributed by atoms with Gasteiger partial charge in [-0.05, 0) is 119 Å². The highest BCUT2D eigenvalue weighted by atomic mass is 32.1. The Hall–Kier alpha value is -16.4. The topological polar surface area (TPSA) is 116 Å². The summed E-state index contributed by atoms with van der Waals surface area (Å²) in [6, 6.07) is 148. The predicted molar refractivity (Wildman–Crippen MR) is 576 cm³/mol. The highest BCUT2D eigenvalue weighted by molar-refractivity contribution is 7.27. The molecule has 0 amide bonds. The third-order valence-corrected chi connectivity index (χ3v) is 31.7. The van der Waals surface area contributed by atoms with E-state index in [1.165, 1.54) is 150 Å². The standard InChI is InChI=1S/3C42H29N3S/c1-42(2)34-22-10-9-19-33(34)36-35(42)24-23-32-31-21-12-20-30(37(31)46-38(32)36)28-17-11-18-29(25-28)41-44-39(26-13-5-3-6-14-26)43-40(45-41)27-15-7-4-8-16-27;1-42(2)34-19-10-9-18-31(34)32-21-23-36-37(38(32)42)33-25-29(20-22-35(33)46-36)28-16-11-17-30(24-28)41-44-39(26-12-5-3-6-13-26)43-40(45-41)27-14-7-4-8-15-27;1-42(2)34-19-10-9-16-33(34)36-35(42)25-24-32-31-18-11-17-30(37(31)46-38(32)36)26-20-22-29(23-21-26)41-44-39(27-12-5-3-6-13-27)43-40(45-41)28-14-7-4-8-15-28/h3*3-25H,1-2H3. The Morgan fingerprint density at radius 1 is 0.167 bits per heavy atom. The van der Waals surface area contributed by atoms with Crippen LogP contribution in [0.25, 0.3) is 230 Å². The normalized spacial score (nSPS) is 13.2. The van der Waals surface area contributed by atoms with Gasteiger partial charge < -0.3 is 0 Å². The Labute approximate surface area is 812 Å². The maximum atomic E-state index is 4.99. The molecule has 0 fully saturated rings. The Bertz CT molecular complexity index is 8790. The van der Waals surface area contributed by atoms with Crippen molar-refractivity contribution in [1.29, 1.82) is 0 Å². The molecular weight excluding hydrogens is 1740 g/mol. The van der Waals surface area contributed by atoms with E-state index in [0.717, 1.165) is 61.2 Å². The summed E-state index contributed by atoms with van der Waals surface area (Å²) in [6.07, 6.45) is 0. The van der Waals surface area contributed by atoms with Gasteiger partial charge in [0.25, 0.3) is 0 Å². The molecule has 18 aromatic carbocycles. The van der Waals surface area contributed by atoms with Crippen LogP contribution in [0, 0.1) is 0 Å². The summed E-state index contributed by atoms with van der Waals surface area (Å²) in [7, 11) is 0. The maximum absolute atomic E-state index is 4.99. The second-order valence-electron chi connectivity index (χ2n) is 37.3. The highest BCUT2D eigenvalue weighted by Gasteiger charge is 2.41. The first-order valence-corrected chi connectivity index (χ1v) is 49.3. The monoisotopic (exact) mass is 1820 g/mol. The highest BCUT2D eigenvalue weighted by Crippen LogP contribution is 2.59. The fourth-order valence-corrected chi connectivity index (χ4v) is 25.0. The largest absolute Gasteiger partial charge is 0.208 e. The molecule has 6 aromatic heterocycles.